The topological polar surface area (TPSA) is 49.8 Å². The molecule has 0 spiro atoms. The summed E-state index contributed by atoms with van der Waals surface area (Å²) in [6.45, 7) is 0. The van der Waals surface area contributed by atoms with Crippen LogP contribution < -0.4 is 10.6 Å². The Labute approximate surface area is 123 Å². The molecule has 0 bridgehead atoms. The minimum absolute atomic E-state index is 0.595. The fourth-order valence-corrected chi connectivity index (χ4v) is 2.15. The van der Waals surface area contributed by atoms with Crippen LogP contribution in [-0.4, -0.2) is 17.0 Å². The van der Waals surface area contributed by atoms with E-state index in [4.69, 9.17) is 0 Å². The van der Waals surface area contributed by atoms with Crippen molar-refractivity contribution < 1.29 is 0 Å². The first-order chi connectivity index (χ1) is 10.4. The lowest BCUT2D eigenvalue weighted by atomic mass is 10.0. The van der Waals surface area contributed by atoms with Crippen LogP contribution in [0, 0.1) is 0 Å². The third-order valence-corrected chi connectivity index (χ3v) is 3.15. The second-order valence-electron chi connectivity index (χ2n) is 4.55. The van der Waals surface area contributed by atoms with Gasteiger partial charge in [-0.1, -0.05) is 48.5 Å². The van der Waals surface area contributed by atoms with Crippen molar-refractivity contribution in [2.75, 3.05) is 17.7 Å². The highest BCUT2D eigenvalue weighted by molar-refractivity contribution is 5.80. The van der Waals surface area contributed by atoms with Gasteiger partial charge in [0.2, 0.25) is 5.95 Å². The van der Waals surface area contributed by atoms with Crippen LogP contribution in [0.2, 0.25) is 0 Å². The molecule has 2 N–H and O–H groups in total. The maximum absolute atomic E-state index is 4.39. The molecule has 0 aliphatic heterocycles. The van der Waals surface area contributed by atoms with Gasteiger partial charge >= 0.3 is 0 Å². The molecule has 1 aromatic heterocycles. The molecule has 0 aliphatic rings. The zero-order chi connectivity index (χ0) is 14.5. The fourth-order valence-electron chi connectivity index (χ4n) is 2.15. The highest BCUT2D eigenvalue weighted by Gasteiger charge is 2.05. The Kier molecular flexibility index (Phi) is 3.78. The summed E-state index contributed by atoms with van der Waals surface area (Å²) in [7, 11) is 1.80. The van der Waals surface area contributed by atoms with Gasteiger partial charge in [-0.3, -0.25) is 0 Å². The van der Waals surface area contributed by atoms with Gasteiger partial charge in [-0.2, -0.15) is 4.98 Å². The molecular formula is C17H16N4. The smallest absolute Gasteiger partial charge is 0.224 e. The summed E-state index contributed by atoms with van der Waals surface area (Å²) < 4.78 is 0. The Morgan fingerprint density at radius 2 is 1.62 bits per heavy atom. The molecule has 1 heterocycles. The molecule has 0 fully saturated rings. The molecule has 3 aromatic rings. The quantitative estimate of drug-likeness (QED) is 0.758. The molecule has 104 valence electrons. The lowest BCUT2D eigenvalue weighted by molar-refractivity contribution is 1.15. The molecule has 0 saturated carbocycles. The van der Waals surface area contributed by atoms with E-state index >= 15 is 0 Å². The number of benzene rings is 2. The second kappa shape index (κ2) is 6.05. The van der Waals surface area contributed by atoms with Gasteiger partial charge in [0.1, 0.15) is 5.82 Å². The van der Waals surface area contributed by atoms with Crippen molar-refractivity contribution in [3.63, 3.8) is 0 Å². The van der Waals surface area contributed by atoms with Crippen LogP contribution >= 0.6 is 0 Å². The fraction of sp³-hybridized carbons (Fsp3) is 0.0588. The predicted molar refractivity (Wildman–Crippen MR) is 86.7 cm³/mol. The molecule has 0 atom stereocenters. The summed E-state index contributed by atoms with van der Waals surface area (Å²) in [5.41, 5.74) is 3.33. The van der Waals surface area contributed by atoms with Crippen molar-refractivity contribution in [3.8, 4) is 11.1 Å². The van der Waals surface area contributed by atoms with Crippen LogP contribution in [-0.2, 0) is 0 Å². The highest BCUT2D eigenvalue weighted by atomic mass is 15.1. The van der Waals surface area contributed by atoms with Crippen molar-refractivity contribution >= 4 is 17.5 Å². The first kappa shape index (κ1) is 13.1. The Hall–Kier alpha value is -2.88. The van der Waals surface area contributed by atoms with Crippen molar-refractivity contribution in [3.05, 3.63) is 66.9 Å². The number of para-hydroxylation sites is 1. The van der Waals surface area contributed by atoms with Crippen LogP contribution in [0.15, 0.2) is 66.9 Å². The second-order valence-corrected chi connectivity index (χ2v) is 4.55. The van der Waals surface area contributed by atoms with E-state index in [1.165, 1.54) is 5.56 Å². The lowest BCUT2D eigenvalue weighted by Gasteiger charge is -2.12. The van der Waals surface area contributed by atoms with Gasteiger partial charge in [-0.05, 0) is 17.7 Å². The molecule has 0 unspecified atom stereocenters. The molecule has 2 aromatic carbocycles. The van der Waals surface area contributed by atoms with Gasteiger partial charge in [-0.25, -0.2) is 4.98 Å². The average molecular weight is 276 g/mol. The number of nitrogens with one attached hydrogen (secondary N) is 2. The third-order valence-electron chi connectivity index (χ3n) is 3.15. The Morgan fingerprint density at radius 1 is 0.857 bits per heavy atom. The predicted octanol–water partition coefficient (Wildman–Crippen LogP) is 3.93. The van der Waals surface area contributed by atoms with Crippen molar-refractivity contribution in [1.29, 1.82) is 0 Å². The minimum atomic E-state index is 0.595. The Bertz CT molecular complexity index is 726. The van der Waals surface area contributed by atoms with Crippen LogP contribution in [0.4, 0.5) is 17.5 Å². The van der Waals surface area contributed by atoms with E-state index in [0.717, 1.165) is 17.1 Å². The summed E-state index contributed by atoms with van der Waals surface area (Å²) in [4.78, 5) is 8.51. The average Bonchev–Trinajstić information content (AvgIpc) is 2.56. The maximum atomic E-state index is 4.39. The first-order valence-electron chi connectivity index (χ1n) is 6.79. The van der Waals surface area contributed by atoms with Crippen molar-refractivity contribution in [1.82, 2.24) is 9.97 Å². The molecule has 0 saturated heterocycles. The van der Waals surface area contributed by atoms with Gasteiger partial charge in [-0.15, -0.1) is 0 Å². The van der Waals surface area contributed by atoms with E-state index in [1.54, 1.807) is 13.2 Å². The number of nitrogens with zero attached hydrogens (tertiary/aromatic N) is 2. The molecule has 21 heavy (non-hydrogen) atoms. The number of hydrogen-bond acceptors (Lipinski definition) is 4. The number of rotatable bonds is 4. The van der Waals surface area contributed by atoms with Gasteiger partial charge in [0.05, 0.1) is 0 Å². The molecule has 3 rings (SSSR count). The van der Waals surface area contributed by atoms with Crippen LogP contribution in [0.1, 0.15) is 0 Å². The van der Waals surface area contributed by atoms with E-state index in [0.29, 0.717) is 5.95 Å². The van der Waals surface area contributed by atoms with E-state index in [2.05, 4.69) is 38.8 Å². The summed E-state index contributed by atoms with van der Waals surface area (Å²) in [6, 6.07) is 20.3. The lowest BCUT2D eigenvalue weighted by Crippen LogP contribution is -2.00. The van der Waals surface area contributed by atoms with Gasteiger partial charge in [0.15, 0.2) is 0 Å². The van der Waals surface area contributed by atoms with Gasteiger partial charge < -0.3 is 10.6 Å². The summed E-state index contributed by atoms with van der Waals surface area (Å²) in [5, 5.41) is 6.29. The van der Waals surface area contributed by atoms with Gasteiger partial charge in [0, 0.05) is 24.5 Å². The van der Waals surface area contributed by atoms with E-state index in [1.807, 2.05) is 42.5 Å². The monoisotopic (exact) mass is 276 g/mol. The van der Waals surface area contributed by atoms with E-state index in [9.17, 15) is 0 Å². The molecule has 4 heteroatoms. The van der Waals surface area contributed by atoms with Crippen LogP contribution in [0.25, 0.3) is 11.1 Å². The maximum Gasteiger partial charge on any atom is 0.224 e. The SMILES string of the molecule is CNc1nccc(Nc2ccccc2-c2ccccc2)n1. The summed E-state index contributed by atoms with van der Waals surface area (Å²) >= 11 is 0. The zero-order valence-electron chi connectivity index (χ0n) is 11.7. The first-order valence-corrected chi connectivity index (χ1v) is 6.79. The molecule has 0 radical (unpaired) electrons. The van der Waals surface area contributed by atoms with Crippen molar-refractivity contribution in [2.24, 2.45) is 0 Å². The molecule has 0 amide bonds. The number of aromatic nitrogens is 2. The largest absolute Gasteiger partial charge is 0.357 e. The van der Waals surface area contributed by atoms with Crippen LogP contribution in [0.3, 0.4) is 0 Å². The highest BCUT2D eigenvalue weighted by Crippen LogP contribution is 2.29. The number of anilines is 3. The van der Waals surface area contributed by atoms with Crippen LogP contribution in [0.5, 0.6) is 0 Å². The Morgan fingerprint density at radius 3 is 2.43 bits per heavy atom. The Balaban J connectivity index is 1.96. The summed E-state index contributed by atoms with van der Waals surface area (Å²) in [5.74, 6) is 1.36. The summed E-state index contributed by atoms with van der Waals surface area (Å²) in [6.07, 6.45) is 1.73. The van der Waals surface area contributed by atoms with E-state index < -0.39 is 0 Å². The standard InChI is InChI=1S/C17H16N4/c1-18-17-19-12-11-16(21-17)20-15-10-6-5-9-14(15)13-7-3-2-4-8-13/h2-12H,1H3,(H2,18,19,20,21). The minimum Gasteiger partial charge on any atom is -0.357 e. The normalized spacial score (nSPS) is 10.1. The molecular weight excluding hydrogens is 260 g/mol. The van der Waals surface area contributed by atoms with Gasteiger partial charge in [0.25, 0.3) is 0 Å². The van der Waals surface area contributed by atoms with Crippen molar-refractivity contribution in [2.45, 2.75) is 0 Å². The van der Waals surface area contributed by atoms with E-state index in [-0.39, 0.29) is 0 Å². The number of hydrogen-bond donors (Lipinski definition) is 2. The molecule has 4 nitrogen and oxygen atoms in total. The molecule has 0 aliphatic carbocycles. The zero-order valence-corrected chi connectivity index (χ0v) is 11.7. The third kappa shape index (κ3) is 3.00.